The number of aliphatic imine (C=N–C) groups is 1. The summed E-state index contributed by atoms with van der Waals surface area (Å²) in [4.78, 5) is 15.7. The van der Waals surface area contributed by atoms with Crippen molar-refractivity contribution in [3.63, 3.8) is 0 Å². The number of carbonyl (C=O) groups excluding carboxylic acids is 1. The van der Waals surface area contributed by atoms with E-state index in [9.17, 15) is 4.79 Å². The second-order valence-corrected chi connectivity index (χ2v) is 4.34. The van der Waals surface area contributed by atoms with Crippen LogP contribution >= 0.6 is 11.6 Å². The van der Waals surface area contributed by atoms with Crippen molar-refractivity contribution in [3.8, 4) is 11.5 Å². The minimum atomic E-state index is -0.682. The van der Waals surface area contributed by atoms with Gasteiger partial charge in [-0.05, 0) is 17.7 Å². The molecule has 0 radical (unpaired) electrons. The minimum Gasteiger partial charge on any atom is -0.486 e. The number of fused-ring (bicyclic) bond motifs is 1. The Kier molecular flexibility index (Phi) is 2.52. The number of rotatable bonds is 1. The van der Waals surface area contributed by atoms with E-state index in [1.807, 2.05) is 0 Å². The van der Waals surface area contributed by atoms with E-state index in [1.165, 1.54) is 0 Å². The number of ether oxygens (including phenoxy) is 2. The molecular weight excluding hydrogens is 258 g/mol. The molecule has 3 rings (SSSR count). The van der Waals surface area contributed by atoms with Crippen LogP contribution in [0.5, 0.6) is 11.5 Å². The van der Waals surface area contributed by atoms with E-state index >= 15 is 0 Å². The van der Waals surface area contributed by atoms with Gasteiger partial charge in [0.15, 0.2) is 23.5 Å². The summed E-state index contributed by atoms with van der Waals surface area (Å²) < 4.78 is 10.8. The second kappa shape index (κ2) is 4.06. The quantitative estimate of drug-likeness (QED) is 0.780. The van der Waals surface area contributed by atoms with Gasteiger partial charge < -0.3 is 15.2 Å². The van der Waals surface area contributed by atoms with Gasteiger partial charge >= 0.3 is 0 Å². The van der Waals surface area contributed by atoms with Gasteiger partial charge in [0.25, 0.3) is 5.91 Å². The van der Waals surface area contributed by atoms with E-state index in [4.69, 9.17) is 26.8 Å². The zero-order valence-corrected chi connectivity index (χ0v) is 10.0. The summed E-state index contributed by atoms with van der Waals surface area (Å²) in [7, 11) is 0. The van der Waals surface area contributed by atoms with Crippen LogP contribution in [0.4, 0.5) is 0 Å². The van der Waals surface area contributed by atoms with Crippen molar-refractivity contribution in [2.45, 2.75) is 6.04 Å². The number of nitrogens with one attached hydrogen (secondary N) is 1. The zero-order valence-electron chi connectivity index (χ0n) is 9.27. The molecule has 0 aliphatic carbocycles. The first kappa shape index (κ1) is 11.2. The molecule has 2 aliphatic rings. The number of guanidine groups is 1. The molecule has 1 aromatic rings. The van der Waals surface area contributed by atoms with Crippen LogP contribution in [0.15, 0.2) is 17.1 Å². The fraction of sp³-hybridized carbons (Fsp3) is 0.273. The number of carbonyl (C=O) groups is 1. The van der Waals surface area contributed by atoms with Crippen LogP contribution in [0.3, 0.4) is 0 Å². The van der Waals surface area contributed by atoms with Gasteiger partial charge in [-0.25, -0.2) is 4.99 Å². The molecule has 18 heavy (non-hydrogen) atoms. The standard InChI is InChI=1S/C11H10ClN3O3/c12-6-3-5(8-10(16)15-11(13)14-8)4-7-9(6)18-2-1-17-7/h3-4,8H,1-2H2,(H3,13,14,15,16). The number of nitrogens with zero attached hydrogens (tertiary/aromatic N) is 1. The van der Waals surface area contributed by atoms with Crippen molar-refractivity contribution in [1.82, 2.24) is 5.32 Å². The lowest BCUT2D eigenvalue weighted by atomic mass is 10.1. The highest BCUT2D eigenvalue weighted by Gasteiger charge is 2.29. The van der Waals surface area contributed by atoms with E-state index in [0.29, 0.717) is 35.3 Å². The average molecular weight is 268 g/mol. The van der Waals surface area contributed by atoms with Gasteiger partial charge in [0.05, 0.1) is 5.02 Å². The maximum atomic E-state index is 11.6. The molecule has 3 N–H and O–H groups in total. The molecule has 0 fully saturated rings. The maximum absolute atomic E-state index is 11.6. The molecule has 0 saturated heterocycles. The van der Waals surface area contributed by atoms with Crippen LogP contribution in [-0.4, -0.2) is 25.1 Å². The zero-order chi connectivity index (χ0) is 12.7. The van der Waals surface area contributed by atoms with Crippen LogP contribution in [-0.2, 0) is 4.79 Å². The van der Waals surface area contributed by atoms with Crippen LogP contribution in [0.25, 0.3) is 0 Å². The summed E-state index contributed by atoms with van der Waals surface area (Å²) in [6.07, 6.45) is 0. The molecule has 0 aromatic heterocycles. The third-order valence-electron chi connectivity index (χ3n) is 2.70. The summed E-state index contributed by atoms with van der Waals surface area (Å²) in [6.45, 7) is 0.913. The first-order chi connectivity index (χ1) is 8.65. The van der Waals surface area contributed by atoms with E-state index in [0.717, 1.165) is 0 Å². The molecule has 1 amide bonds. The normalized spacial score (nSPS) is 21.5. The number of nitrogens with two attached hydrogens (primary N) is 1. The summed E-state index contributed by atoms with van der Waals surface area (Å²) in [5, 5.41) is 2.84. The topological polar surface area (TPSA) is 85.9 Å². The lowest BCUT2D eigenvalue weighted by molar-refractivity contribution is -0.120. The predicted molar refractivity (Wildman–Crippen MR) is 64.9 cm³/mol. The number of hydrogen-bond donors (Lipinski definition) is 2. The molecule has 7 heteroatoms. The monoisotopic (exact) mass is 267 g/mol. The van der Waals surface area contributed by atoms with Crippen molar-refractivity contribution in [2.24, 2.45) is 10.7 Å². The molecule has 1 aromatic carbocycles. The maximum Gasteiger partial charge on any atom is 0.256 e. The fourth-order valence-electron chi connectivity index (χ4n) is 1.94. The molecule has 1 atom stereocenters. The Balaban J connectivity index is 2.03. The van der Waals surface area contributed by atoms with Gasteiger partial charge in [-0.3, -0.25) is 10.1 Å². The van der Waals surface area contributed by atoms with Crippen molar-refractivity contribution < 1.29 is 14.3 Å². The summed E-state index contributed by atoms with van der Waals surface area (Å²) in [6, 6.07) is 2.66. The Morgan fingerprint density at radius 2 is 2.17 bits per heavy atom. The molecule has 0 spiro atoms. The molecule has 94 valence electrons. The van der Waals surface area contributed by atoms with Crippen molar-refractivity contribution in [3.05, 3.63) is 22.7 Å². The first-order valence-corrected chi connectivity index (χ1v) is 5.76. The van der Waals surface area contributed by atoms with Crippen molar-refractivity contribution >= 4 is 23.5 Å². The Morgan fingerprint density at radius 3 is 2.89 bits per heavy atom. The van der Waals surface area contributed by atoms with E-state index in [2.05, 4.69) is 10.3 Å². The van der Waals surface area contributed by atoms with Gasteiger partial charge in [0.2, 0.25) is 0 Å². The predicted octanol–water partition coefficient (Wildman–Crippen LogP) is 0.597. The molecule has 1 unspecified atom stereocenters. The average Bonchev–Trinajstić information content (AvgIpc) is 2.68. The number of benzene rings is 1. The van der Waals surface area contributed by atoms with E-state index in [1.54, 1.807) is 12.1 Å². The highest BCUT2D eigenvalue weighted by molar-refractivity contribution is 6.32. The van der Waals surface area contributed by atoms with Crippen LogP contribution in [0.2, 0.25) is 5.02 Å². The molecule has 6 nitrogen and oxygen atoms in total. The van der Waals surface area contributed by atoms with Gasteiger partial charge in [-0.15, -0.1) is 0 Å². The van der Waals surface area contributed by atoms with Crippen LogP contribution in [0.1, 0.15) is 11.6 Å². The lowest BCUT2D eigenvalue weighted by Gasteiger charge is -2.20. The Hall–Kier alpha value is -1.95. The molecule has 2 aliphatic heterocycles. The molecule has 0 bridgehead atoms. The van der Waals surface area contributed by atoms with Gasteiger partial charge in [0, 0.05) is 0 Å². The Labute approximate surface area is 108 Å². The lowest BCUT2D eigenvalue weighted by Crippen LogP contribution is -2.31. The summed E-state index contributed by atoms with van der Waals surface area (Å²) in [5.41, 5.74) is 6.08. The van der Waals surface area contributed by atoms with Crippen molar-refractivity contribution in [2.75, 3.05) is 13.2 Å². The van der Waals surface area contributed by atoms with E-state index < -0.39 is 6.04 Å². The van der Waals surface area contributed by atoms with Gasteiger partial charge in [-0.2, -0.15) is 0 Å². The third kappa shape index (κ3) is 1.74. The number of halogens is 1. The smallest absolute Gasteiger partial charge is 0.256 e. The highest BCUT2D eigenvalue weighted by Crippen LogP contribution is 2.40. The highest BCUT2D eigenvalue weighted by atomic mass is 35.5. The number of hydrogen-bond acceptors (Lipinski definition) is 5. The number of amides is 1. The van der Waals surface area contributed by atoms with Crippen LogP contribution in [0, 0.1) is 0 Å². The van der Waals surface area contributed by atoms with Gasteiger partial charge in [0.1, 0.15) is 13.2 Å². The Bertz CT molecular complexity index is 559. The molecule has 0 saturated carbocycles. The van der Waals surface area contributed by atoms with Gasteiger partial charge in [-0.1, -0.05) is 11.6 Å². The SMILES string of the molecule is NC1=NC(c2cc(Cl)c3c(c2)OCCO3)C(=O)N1. The first-order valence-electron chi connectivity index (χ1n) is 5.38. The second-order valence-electron chi connectivity index (χ2n) is 3.93. The third-order valence-corrected chi connectivity index (χ3v) is 2.98. The Morgan fingerprint density at radius 1 is 1.39 bits per heavy atom. The molecular formula is C11H10ClN3O3. The van der Waals surface area contributed by atoms with Crippen LogP contribution < -0.4 is 20.5 Å². The molecule has 2 heterocycles. The van der Waals surface area contributed by atoms with E-state index in [-0.39, 0.29) is 11.9 Å². The fourth-order valence-corrected chi connectivity index (χ4v) is 2.21. The summed E-state index contributed by atoms with van der Waals surface area (Å²) >= 11 is 6.09. The largest absolute Gasteiger partial charge is 0.486 e. The van der Waals surface area contributed by atoms with Crippen molar-refractivity contribution in [1.29, 1.82) is 0 Å². The minimum absolute atomic E-state index is 0.107. The summed E-state index contributed by atoms with van der Waals surface area (Å²) in [5.74, 6) is 0.857.